The van der Waals surface area contributed by atoms with Crippen molar-refractivity contribution >= 4 is 27.4 Å². The predicted octanol–water partition coefficient (Wildman–Crippen LogP) is 2.40. The predicted molar refractivity (Wildman–Crippen MR) is 61.4 cm³/mol. The maximum Gasteiger partial charge on any atom is 0.341 e. The van der Waals surface area contributed by atoms with Crippen molar-refractivity contribution in [2.45, 2.75) is 0 Å². The van der Waals surface area contributed by atoms with Crippen LogP contribution < -0.4 is 4.74 Å². The molecule has 0 saturated carbocycles. The largest absolute Gasteiger partial charge is 0.506 e. The average molecular weight is 238 g/mol. The standard InChI is InChI=1S/C11H10O4S/c1-14-9-5-7-8(16-9)4-3-6(10(7)12)11(13)15-2/h3-5,12H,1-2H3. The maximum atomic E-state index is 11.3. The first-order chi connectivity index (χ1) is 7.67. The number of methoxy groups -OCH3 is 2. The van der Waals surface area contributed by atoms with Gasteiger partial charge in [-0.25, -0.2) is 4.79 Å². The van der Waals surface area contributed by atoms with E-state index in [1.807, 2.05) is 0 Å². The Balaban J connectivity index is 2.64. The zero-order chi connectivity index (χ0) is 11.7. The highest BCUT2D eigenvalue weighted by Gasteiger charge is 2.16. The molecule has 0 unspecified atom stereocenters. The van der Waals surface area contributed by atoms with E-state index in [0.717, 1.165) is 4.70 Å². The third-order valence-electron chi connectivity index (χ3n) is 2.26. The summed E-state index contributed by atoms with van der Waals surface area (Å²) in [5.41, 5.74) is 0.162. The van der Waals surface area contributed by atoms with Gasteiger partial charge in [0, 0.05) is 16.2 Å². The van der Waals surface area contributed by atoms with Gasteiger partial charge in [0.25, 0.3) is 0 Å². The van der Waals surface area contributed by atoms with Crippen LogP contribution in [0.4, 0.5) is 0 Å². The van der Waals surface area contributed by atoms with Gasteiger partial charge >= 0.3 is 5.97 Å². The van der Waals surface area contributed by atoms with Crippen molar-refractivity contribution in [3.8, 4) is 10.8 Å². The fourth-order valence-electron chi connectivity index (χ4n) is 1.45. The minimum absolute atomic E-state index is 0.0658. The number of phenolic OH excluding ortho intramolecular Hbond substituents is 1. The van der Waals surface area contributed by atoms with Crippen LogP contribution in [0, 0.1) is 0 Å². The van der Waals surface area contributed by atoms with Crippen molar-refractivity contribution in [2.75, 3.05) is 14.2 Å². The number of hydrogen-bond donors (Lipinski definition) is 1. The number of rotatable bonds is 2. The summed E-state index contributed by atoms with van der Waals surface area (Å²) < 4.78 is 10.5. The van der Waals surface area contributed by atoms with E-state index >= 15 is 0 Å². The SMILES string of the molecule is COC(=O)c1ccc2sc(OC)cc2c1O. The molecule has 0 radical (unpaired) electrons. The Hall–Kier alpha value is -1.75. The van der Waals surface area contributed by atoms with Crippen LogP contribution in [0.2, 0.25) is 0 Å². The molecular formula is C11H10O4S. The zero-order valence-corrected chi connectivity index (χ0v) is 9.63. The lowest BCUT2D eigenvalue weighted by atomic mass is 10.1. The summed E-state index contributed by atoms with van der Waals surface area (Å²) in [5.74, 6) is -0.617. The number of esters is 1. The molecule has 4 nitrogen and oxygen atoms in total. The number of aromatic hydroxyl groups is 1. The van der Waals surface area contributed by atoms with E-state index in [-0.39, 0.29) is 11.3 Å². The van der Waals surface area contributed by atoms with Gasteiger partial charge in [0.1, 0.15) is 11.3 Å². The molecule has 2 aromatic rings. The Bertz CT molecular complexity index is 544. The Morgan fingerprint density at radius 2 is 2.12 bits per heavy atom. The third-order valence-corrected chi connectivity index (χ3v) is 3.32. The summed E-state index contributed by atoms with van der Waals surface area (Å²) >= 11 is 1.41. The van der Waals surface area contributed by atoms with Gasteiger partial charge in [-0.3, -0.25) is 0 Å². The number of fused-ring (bicyclic) bond motifs is 1. The van der Waals surface area contributed by atoms with E-state index in [4.69, 9.17) is 4.74 Å². The molecule has 84 valence electrons. The molecule has 16 heavy (non-hydrogen) atoms. The van der Waals surface area contributed by atoms with Crippen molar-refractivity contribution in [1.82, 2.24) is 0 Å². The molecule has 1 N–H and O–H groups in total. The van der Waals surface area contributed by atoms with Crippen LogP contribution >= 0.6 is 11.3 Å². The molecule has 0 bridgehead atoms. The molecule has 1 aromatic carbocycles. The minimum atomic E-state index is -0.551. The maximum absolute atomic E-state index is 11.3. The smallest absolute Gasteiger partial charge is 0.341 e. The summed E-state index contributed by atoms with van der Waals surface area (Å²) in [5, 5.41) is 11.2. The quantitative estimate of drug-likeness (QED) is 0.816. The number of hydrogen-bond acceptors (Lipinski definition) is 5. The van der Waals surface area contributed by atoms with Gasteiger partial charge in [0.05, 0.1) is 14.2 Å². The first-order valence-electron chi connectivity index (χ1n) is 4.55. The summed E-state index contributed by atoms with van der Waals surface area (Å²) in [6.45, 7) is 0. The van der Waals surface area contributed by atoms with Crippen molar-refractivity contribution < 1.29 is 19.4 Å². The molecule has 5 heteroatoms. The monoisotopic (exact) mass is 238 g/mol. The highest BCUT2D eigenvalue weighted by atomic mass is 32.1. The molecule has 0 saturated heterocycles. The lowest BCUT2D eigenvalue weighted by Crippen LogP contribution is -2.00. The van der Waals surface area contributed by atoms with E-state index < -0.39 is 5.97 Å². The van der Waals surface area contributed by atoms with Gasteiger partial charge in [-0.15, -0.1) is 0 Å². The summed E-state index contributed by atoms with van der Waals surface area (Å²) in [4.78, 5) is 11.3. The van der Waals surface area contributed by atoms with E-state index in [0.29, 0.717) is 10.4 Å². The van der Waals surface area contributed by atoms with E-state index in [9.17, 15) is 9.90 Å². The van der Waals surface area contributed by atoms with Crippen molar-refractivity contribution in [1.29, 1.82) is 0 Å². The Kier molecular flexibility index (Phi) is 2.70. The van der Waals surface area contributed by atoms with Gasteiger partial charge < -0.3 is 14.6 Å². The minimum Gasteiger partial charge on any atom is -0.506 e. The molecule has 0 aliphatic rings. The van der Waals surface area contributed by atoms with Crippen LogP contribution in [0.5, 0.6) is 10.8 Å². The Labute approximate surface area is 96.0 Å². The first kappa shape index (κ1) is 10.8. The van der Waals surface area contributed by atoms with E-state index in [1.165, 1.54) is 18.4 Å². The number of benzene rings is 1. The van der Waals surface area contributed by atoms with Crippen LogP contribution in [0.3, 0.4) is 0 Å². The van der Waals surface area contributed by atoms with Crippen LogP contribution in [-0.2, 0) is 4.74 Å². The van der Waals surface area contributed by atoms with Gasteiger partial charge in [0.15, 0.2) is 5.06 Å². The second-order valence-electron chi connectivity index (χ2n) is 3.13. The second-order valence-corrected chi connectivity index (χ2v) is 4.18. The van der Waals surface area contributed by atoms with Gasteiger partial charge in [-0.05, 0) is 12.1 Å². The molecule has 0 fully saturated rings. The lowest BCUT2D eigenvalue weighted by molar-refractivity contribution is 0.0598. The zero-order valence-electron chi connectivity index (χ0n) is 8.81. The normalized spacial score (nSPS) is 10.4. The topological polar surface area (TPSA) is 55.8 Å². The van der Waals surface area contributed by atoms with E-state index in [2.05, 4.69) is 4.74 Å². The van der Waals surface area contributed by atoms with E-state index in [1.54, 1.807) is 25.3 Å². The molecule has 0 spiro atoms. The number of phenols is 1. The molecule has 1 aromatic heterocycles. The first-order valence-corrected chi connectivity index (χ1v) is 5.37. The molecule has 0 aliphatic carbocycles. The third kappa shape index (κ3) is 1.59. The molecule has 0 atom stereocenters. The summed E-state index contributed by atoms with van der Waals surface area (Å²) in [6.07, 6.45) is 0. The molecule has 2 rings (SSSR count). The molecule has 1 heterocycles. The van der Waals surface area contributed by atoms with Crippen LogP contribution in [0.25, 0.3) is 10.1 Å². The summed E-state index contributed by atoms with van der Waals surface area (Å²) in [6, 6.07) is 5.00. The Morgan fingerprint density at radius 3 is 2.75 bits per heavy atom. The highest BCUT2D eigenvalue weighted by molar-refractivity contribution is 7.20. The second kappa shape index (κ2) is 4.02. The van der Waals surface area contributed by atoms with Gasteiger partial charge in [0.2, 0.25) is 0 Å². The average Bonchev–Trinajstić information content (AvgIpc) is 2.72. The van der Waals surface area contributed by atoms with Gasteiger partial charge in [-0.1, -0.05) is 11.3 Å². The fourth-order valence-corrected chi connectivity index (χ4v) is 2.33. The summed E-state index contributed by atoms with van der Waals surface area (Å²) in [7, 11) is 2.84. The lowest BCUT2D eigenvalue weighted by Gasteiger charge is -2.02. The van der Waals surface area contributed by atoms with Crippen LogP contribution in [0.1, 0.15) is 10.4 Å². The molecular weight excluding hydrogens is 228 g/mol. The van der Waals surface area contributed by atoms with Crippen molar-refractivity contribution in [2.24, 2.45) is 0 Å². The number of carbonyl (C=O) groups excluding carboxylic acids is 1. The molecule has 0 amide bonds. The fraction of sp³-hybridized carbons (Fsp3) is 0.182. The molecule has 0 aliphatic heterocycles. The number of thiophene rings is 1. The van der Waals surface area contributed by atoms with Crippen LogP contribution in [-0.4, -0.2) is 25.3 Å². The number of carbonyl (C=O) groups is 1. The highest BCUT2D eigenvalue weighted by Crippen LogP contribution is 2.38. The Morgan fingerprint density at radius 1 is 1.38 bits per heavy atom. The van der Waals surface area contributed by atoms with Crippen LogP contribution in [0.15, 0.2) is 18.2 Å². The van der Waals surface area contributed by atoms with Gasteiger partial charge in [-0.2, -0.15) is 0 Å². The van der Waals surface area contributed by atoms with Crippen molar-refractivity contribution in [3.63, 3.8) is 0 Å². The number of ether oxygens (including phenoxy) is 2. The van der Waals surface area contributed by atoms with Crippen molar-refractivity contribution in [3.05, 3.63) is 23.8 Å².